The monoisotopic (exact) mass is 293 g/mol. The summed E-state index contributed by atoms with van der Waals surface area (Å²) in [5, 5.41) is 12.5. The number of aliphatic hydroxyl groups is 1. The molecule has 0 aliphatic carbocycles. The van der Waals surface area contributed by atoms with E-state index in [-0.39, 0.29) is 17.9 Å². The van der Waals surface area contributed by atoms with E-state index in [1.165, 1.54) is 0 Å². The van der Waals surface area contributed by atoms with Gasteiger partial charge in [0.15, 0.2) is 0 Å². The van der Waals surface area contributed by atoms with Crippen molar-refractivity contribution in [3.8, 4) is 5.75 Å². The topological polar surface area (TPSA) is 67.8 Å². The number of hydrogen-bond donors (Lipinski definition) is 2. The molecule has 5 nitrogen and oxygen atoms in total. The maximum absolute atomic E-state index is 12.1. The van der Waals surface area contributed by atoms with Crippen LogP contribution in [0.4, 0.5) is 0 Å². The normalized spacial score (nSPS) is 17.2. The molecule has 5 heteroatoms. The van der Waals surface area contributed by atoms with Crippen LogP contribution in [0.25, 0.3) is 0 Å². The number of amides is 1. The van der Waals surface area contributed by atoms with Gasteiger partial charge in [-0.1, -0.05) is 0 Å². The van der Waals surface area contributed by atoms with Crippen LogP contribution in [0.15, 0.2) is 24.3 Å². The van der Waals surface area contributed by atoms with Crippen molar-refractivity contribution in [2.45, 2.75) is 19.8 Å². The van der Waals surface area contributed by atoms with Gasteiger partial charge in [-0.3, -0.25) is 4.79 Å². The van der Waals surface area contributed by atoms with E-state index in [9.17, 15) is 9.90 Å². The molecule has 0 aromatic heterocycles. The van der Waals surface area contributed by atoms with Crippen molar-refractivity contribution in [3.05, 3.63) is 29.8 Å². The van der Waals surface area contributed by atoms with E-state index in [0.717, 1.165) is 18.6 Å². The quantitative estimate of drug-likeness (QED) is 0.836. The molecule has 0 radical (unpaired) electrons. The number of aliphatic hydroxyl groups excluding tert-OH is 1. The van der Waals surface area contributed by atoms with Gasteiger partial charge >= 0.3 is 0 Å². The number of carbonyl (C=O) groups excluding carboxylic acids is 1. The van der Waals surface area contributed by atoms with Crippen LogP contribution in [0.3, 0.4) is 0 Å². The summed E-state index contributed by atoms with van der Waals surface area (Å²) < 4.78 is 10.7. The van der Waals surface area contributed by atoms with Gasteiger partial charge in [0.2, 0.25) is 0 Å². The molecule has 1 aromatic carbocycles. The minimum absolute atomic E-state index is 0.0694. The minimum atomic E-state index is -0.251. The standard InChI is InChI=1S/C16H23NO4/c1-2-21-14-5-3-13(4-6-14)15(19)17-11-16(12-18)7-9-20-10-8-16/h3-6,18H,2,7-12H2,1H3,(H,17,19). The number of hydrogen-bond acceptors (Lipinski definition) is 4. The highest BCUT2D eigenvalue weighted by molar-refractivity contribution is 5.94. The van der Waals surface area contributed by atoms with Gasteiger partial charge in [-0.15, -0.1) is 0 Å². The molecule has 0 unspecified atom stereocenters. The van der Waals surface area contributed by atoms with Crippen molar-refractivity contribution in [2.24, 2.45) is 5.41 Å². The molecule has 21 heavy (non-hydrogen) atoms. The Balaban J connectivity index is 1.91. The van der Waals surface area contributed by atoms with Crippen LogP contribution in [-0.4, -0.2) is 44.0 Å². The third-order valence-corrected chi connectivity index (χ3v) is 3.94. The first-order chi connectivity index (χ1) is 10.2. The zero-order chi connectivity index (χ0) is 15.1. The molecule has 0 saturated carbocycles. The van der Waals surface area contributed by atoms with Gasteiger partial charge < -0.3 is 19.9 Å². The summed E-state index contributed by atoms with van der Waals surface area (Å²) in [5.74, 6) is 0.627. The fraction of sp³-hybridized carbons (Fsp3) is 0.562. The maximum atomic E-state index is 12.1. The van der Waals surface area contributed by atoms with Crippen molar-refractivity contribution in [1.29, 1.82) is 0 Å². The Morgan fingerprint density at radius 2 is 2.00 bits per heavy atom. The smallest absolute Gasteiger partial charge is 0.251 e. The Bertz CT molecular complexity index is 452. The molecule has 1 fully saturated rings. The van der Waals surface area contributed by atoms with Crippen molar-refractivity contribution >= 4 is 5.91 Å². The second-order valence-corrected chi connectivity index (χ2v) is 5.41. The number of carbonyl (C=O) groups is 1. The van der Waals surface area contributed by atoms with Crippen LogP contribution in [-0.2, 0) is 4.74 Å². The number of nitrogens with one attached hydrogen (secondary N) is 1. The lowest BCUT2D eigenvalue weighted by Crippen LogP contribution is -2.43. The first-order valence-corrected chi connectivity index (χ1v) is 7.39. The molecule has 1 amide bonds. The Labute approximate surface area is 125 Å². The average Bonchev–Trinajstić information content (AvgIpc) is 2.54. The van der Waals surface area contributed by atoms with Crippen molar-refractivity contribution in [1.82, 2.24) is 5.32 Å². The van der Waals surface area contributed by atoms with Crippen LogP contribution in [0.2, 0.25) is 0 Å². The van der Waals surface area contributed by atoms with Gasteiger partial charge in [0, 0.05) is 30.7 Å². The predicted molar refractivity (Wildman–Crippen MR) is 79.5 cm³/mol. The van der Waals surface area contributed by atoms with E-state index in [2.05, 4.69) is 5.32 Å². The van der Waals surface area contributed by atoms with E-state index in [0.29, 0.717) is 31.9 Å². The summed E-state index contributed by atoms with van der Waals surface area (Å²) in [7, 11) is 0. The number of benzene rings is 1. The molecule has 1 aliphatic rings. The van der Waals surface area contributed by atoms with Crippen molar-refractivity contribution in [2.75, 3.05) is 33.0 Å². The Morgan fingerprint density at radius 1 is 1.33 bits per heavy atom. The molecule has 1 aromatic rings. The summed E-state index contributed by atoms with van der Waals surface area (Å²) in [6.45, 7) is 4.34. The maximum Gasteiger partial charge on any atom is 0.251 e. The van der Waals surface area contributed by atoms with E-state index >= 15 is 0 Å². The SMILES string of the molecule is CCOc1ccc(C(=O)NCC2(CO)CCOCC2)cc1. The third kappa shape index (κ3) is 4.19. The molecule has 0 spiro atoms. The average molecular weight is 293 g/mol. The summed E-state index contributed by atoms with van der Waals surface area (Å²) in [5.41, 5.74) is 0.345. The Hall–Kier alpha value is -1.59. The molecule has 0 bridgehead atoms. The number of rotatable bonds is 6. The summed E-state index contributed by atoms with van der Waals surface area (Å²) in [4.78, 5) is 12.1. The first-order valence-electron chi connectivity index (χ1n) is 7.39. The molecule has 1 aliphatic heterocycles. The van der Waals surface area contributed by atoms with Crippen LogP contribution in [0.1, 0.15) is 30.1 Å². The molecule has 2 rings (SSSR count). The minimum Gasteiger partial charge on any atom is -0.494 e. The van der Waals surface area contributed by atoms with Gasteiger partial charge in [-0.25, -0.2) is 0 Å². The van der Waals surface area contributed by atoms with Crippen molar-refractivity contribution < 1.29 is 19.4 Å². The third-order valence-electron chi connectivity index (χ3n) is 3.94. The predicted octanol–water partition coefficient (Wildman–Crippen LogP) is 1.60. The highest BCUT2D eigenvalue weighted by Crippen LogP contribution is 2.29. The second-order valence-electron chi connectivity index (χ2n) is 5.41. The highest BCUT2D eigenvalue weighted by Gasteiger charge is 2.32. The van der Waals surface area contributed by atoms with E-state index in [1.807, 2.05) is 6.92 Å². The Morgan fingerprint density at radius 3 is 2.57 bits per heavy atom. The second kappa shape index (κ2) is 7.43. The number of ether oxygens (including phenoxy) is 2. The van der Waals surface area contributed by atoms with Gasteiger partial charge in [0.1, 0.15) is 5.75 Å². The molecular weight excluding hydrogens is 270 g/mol. The highest BCUT2D eigenvalue weighted by atomic mass is 16.5. The zero-order valence-corrected chi connectivity index (χ0v) is 12.4. The summed E-state index contributed by atoms with van der Waals surface area (Å²) >= 11 is 0. The van der Waals surface area contributed by atoms with Gasteiger partial charge in [-0.2, -0.15) is 0 Å². The summed E-state index contributed by atoms with van der Waals surface area (Å²) in [6, 6.07) is 7.06. The first kappa shape index (κ1) is 15.8. The fourth-order valence-corrected chi connectivity index (χ4v) is 2.43. The van der Waals surface area contributed by atoms with Gasteiger partial charge in [0.05, 0.1) is 13.2 Å². The molecule has 1 saturated heterocycles. The van der Waals surface area contributed by atoms with E-state index < -0.39 is 0 Å². The fourth-order valence-electron chi connectivity index (χ4n) is 2.43. The molecule has 2 N–H and O–H groups in total. The van der Waals surface area contributed by atoms with Crippen LogP contribution in [0, 0.1) is 5.41 Å². The van der Waals surface area contributed by atoms with Gasteiger partial charge in [-0.05, 0) is 44.0 Å². The Kier molecular flexibility index (Phi) is 5.59. The summed E-state index contributed by atoms with van der Waals surface area (Å²) in [6.07, 6.45) is 1.54. The molecule has 1 heterocycles. The van der Waals surface area contributed by atoms with Gasteiger partial charge in [0.25, 0.3) is 5.91 Å². The van der Waals surface area contributed by atoms with E-state index in [4.69, 9.17) is 9.47 Å². The van der Waals surface area contributed by atoms with E-state index in [1.54, 1.807) is 24.3 Å². The van der Waals surface area contributed by atoms with Crippen LogP contribution in [0.5, 0.6) is 5.75 Å². The zero-order valence-electron chi connectivity index (χ0n) is 12.4. The molecule has 0 atom stereocenters. The molecular formula is C16H23NO4. The van der Waals surface area contributed by atoms with Crippen molar-refractivity contribution in [3.63, 3.8) is 0 Å². The van der Waals surface area contributed by atoms with Crippen LogP contribution < -0.4 is 10.1 Å². The molecule has 116 valence electrons. The largest absolute Gasteiger partial charge is 0.494 e. The lowest BCUT2D eigenvalue weighted by atomic mass is 9.81. The lowest BCUT2D eigenvalue weighted by Gasteiger charge is -2.35. The van der Waals surface area contributed by atoms with Crippen LogP contribution >= 0.6 is 0 Å². The lowest BCUT2D eigenvalue weighted by molar-refractivity contribution is -0.0146.